The number of nitrogen functional groups attached to an aromatic ring is 1. The molecule has 0 bridgehead atoms. The van der Waals surface area contributed by atoms with Crippen LogP contribution in [0.25, 0.3) is 0 Å². The molecular weight excluding hydrogens is 285 g/mol. The monoisotopic (exact) mass is 303 g/mol. The van der Waals surface area contributed by atoms with E-state index in [-0.39, 0.29) is 35.0 Å². The number of sulfonamides is 1. The highest BCUT2D eigenvalue weighted by Crippen LogP contribution is 2.24. The lowest BCUT2D eigenvalue weighted by atomic mass is 10.2. The van der Waals surface area contributed by atoms with Gasteiger partial charge in [-0.2, -0.15) is 0 Å². The molecule has 1 amide bonds. The zero-order valence-corrected chi connectivity index (χ0v) is 12.4. The third-order valence-corrected chi connectivity index (χ3v) is 4.92. The van der Waals surface area contributed by atoms with Gasteiger partial charge in [0, 0.05) is 38.3 Å². The molecule has 1 rings (SSSR count). The van der Waals surface area contributed by atoms with E-state index in [0.29, 0.717) is 0 Å². The lowest BCUT2D eigenvalue weighted by Crippen LogP contribution is -2.32. The fourth-order valence-electron chi connectivity index (χ4n) is 1.61. The number of amides is 1. The van der Waals surface area contributed by atoms with Gasteiger partial charge in [-0.05, 0) is 19.1 Å². The van der Waals surface area contributed by atoms with Crippen molar-refractivity contribution < 1.29 is 17.6 Å². The van der Waals surface area contributed by atoms with E-state index >= 15 is 0 Å². The largest absolute Gasteiger partial charge is 0.399 e. The van der Waals surface area contributed by atoms with Crippen LogP contribution in [0.15, 0.2) is 17.0 Å². The molecule has 6 nitrogen and oxygen atoms in total. The lowest BCUT2D eigenvalue weighted by molar-refractivity contribution is -0.120. The SMILES string of the molecule is CNC(=O)CCN(C)S(=O)(=O)c1cc(N)cc(F)c1C. The second-order valence-electron chi connectivity index (χ2n) is 4.38. The molecule has 0 saturated carbocycles. The minimum Gasteiger partial charge on any atom is -0.399 e. The molecule has 0 aliphatic rings. The van der Waals surface area contributed by atoms with Gasteiger partial charge in [-0.25, -0.2) is 17.1 Å². The molecule has 0 heterocycles. The maximum atomic E-state index is 13.6. The van der Waals surface area contributed by atoms with Gasteiger partial charge in [0.25, 0.3) is 0 Å². The van der Waals surface area contributed by atoms with Gasteiger partial charge in [-0.15, -0.1) is 0 Å². The van der Waals surface area contributed by atoms with Crippen molar-refractivity contribution in [3.63, 3.8) is 0 Å². The average molecular weight is 303 g/mol. The van der Waals surface area contributed by atoms with Crippen molar-refractivity contribution in [2.24, 2.45) is 0 Å². The van der Waals surface area contributed by atoms with Crippen LogP contribution in [0.3, 0.4) is 0 Å². The minimum atomic E-state index is -3.89. The van der Waals surface area contributed by atoms with E-state index < -0.39 is 15.8 Å². The Morgan fingerprint density at radius 3 is 2.60 bits per heavy atom. The van der Waals surface area contributed by atoms with Crippen LogP contribution in [-0.2, 0) is 14.8 Å². The van der Waals surface area contributed by atoms with Gasteiger partial charge in [0.2, 0.25) is 15.9 Å². The van der Waals surface area contributed by atoms with Gasteiger partial charge in [0.05, 0.1) is 4.90 Å². The molecule has 20 heavy (non-hydrogen) atoms. The van der Waals surface area contributed by atoms with Crippen molar-refractivity contribution in [1.82, 2.24) is 9.62 Å². The normalized spacial score (nSPS) is 11.7. The maximum absolute atomic E-state index is 13.6. The highest BCUT2D eigenvalue weighted by Gasteiger charge is 2.25. The van der Waals surface area contributed by atoms with Crippen LogP contribution in [0.1, 0.15) is 12.0 Å². The molecule has 0 spiro atoms. The first-order chi connectivity index (χ1) is 9.20. The molecule has 0 unspecified atom stereocenters. The third kappa shape index (κ3) is 3.45. The summed E-state index contributed by atoms with van der Waals surface area (Å²) in [7, 11) is -1.09. The zero-order chi connectivity index (χ0) is 15.5. The molecule has 3 N–H and O–H groups in total. The van der Waals surface area contributed by atoms with E-state index in [9.17, 15) is 17.6 Å². The first-order valence-electron chi connectivity index (χ1n) is 5.92. The molecule has 0 saturated heterocycles. The van der Waals surface area contributed by atoms with Crippen molar-refractivity contribution in [2.75, 3.05) is 26.4 Å². The summed E-state index contributed by atoms with van der Waals surface area (Å²) in [5.74, 6) is -0.953. The first kappa shape index (κ1) is 16.4. The quantitative estimate of drug-likeness (QED) is 0.774. The topological polar surface area (TPSA) is 92.5 Å². The highest BCUT2D eigenvalue weighted by molar-refractivity contribution is 7.89. The van der Waals surface area contributed by atoms with E-state index in [2.05, 4.69) is 5.32 Å². The number of hydrogen-bond donors (Lipinski definition) is 2. The standard InChI is InChI=1S/C12H18FN3O3S/c1-8-10(13)6-9(14)7-11(8)20(18,19)16(3)5-4-12(17)15-2/h6-7H,4-5,14H2,1-3H3,(H,15,17). The second kappa shape index (κ2) is 6.19. The summed E-state index contributed by atoms with van der Waals surface area (Å²) in [6.07, 6.45) is 0.0239. The van der Waals surface area contributed by atoms with Crippen LogP contribution in [0.4, 0.5) is 10.1 Å². The second-order valence-corrected chi connectivity index (χ2v) is 6.39. The van der Waals surface area contributed by atoms with Gasteiger partial charge in [-0.1, -0.05) is 0 Å². The van der Waals surface area contributed by atoms with Crippen LogP contribution in [-0.4, -0.2) is 39.3 Å². The van der Waals surface area contributed by atoms with Crippen molar-refractivity contribution in [3.05, 3.63) is 23.5 Å². The Labute approximate surface area is 117 Å². The highest BCUT2D eigenvalue weighted by atomic mass is 32.2. The molecule has 0 aromatic heterocycles. The predicted molar refractivity (Wildman–Crippen MR) is 74.0 cm³/mol. The van der Waals surface area contributed by atoms with Gasteiger partial charge in [0.15, 0.2) is 0 Å². The van der Waals surface area contributed by atoms with Crippen molar-refractivity contribution in [2.45, 2.75) is 18.2 Å². The summed E-state index contributed by atoms with van der Waals surface area (Å²) in [5.41, 5.74) is 5.52. The van der Waals surface area contributed by atoms with E-state index in [4.69, 9.17) is 5.73 Å². The third-order valence-electron chi connectivity index (χ3n) is 2.94. The van der Waals surface area contributed by atoms with E-state index in [0.717, 1.165) is 10.4 Å². The molecule has 112 valence electrons. The number of carbonyl (C=O) groups excluding carboxylic acids is 1. The molecule has 8 heteroatoms. The lowest BCUT2D eigenvalue weighted by Gasteiger charge is -2.18. The van der Waals surface area contributed by atoms with Crippen LogP contribution in [0.5, 0.6) is 0 Å². The Balaban J connectivity index is 3.08. The van der Waals surface area contributed by atoms with Gasteiger partial charge in [0.1, 0.15) is 5.82 Å². The fourth-order valence-corrected chi connectivity index (χ4v) is 3.05. The number of anilines is 1. The molecule has 0 fully saturated rings. The summed E-state index contributed by atoms with van der Waals surface area (Å²) < 4.78 is 39.2. The van der Waals surface area contributed by atoms with Crippen LogP contribution in [0, 0.1) is 12.7 Å². The Morgan fingerprint density at radius 1 is 1.45 bits per heavy atom. The number of hydrogen-bond acceptors (Lipinski definition) is 4. The zero-order valence-electron chi connectivity index (χ0n) is 11.6. The Morgan fingerprint density at radius 2 is 2.05 bits per heavy atom. The van der Waals surface area contributed by atoms with Gasteiger partial charge < -0.3 is 11.1 Å². The molecule has 1 aromatic carbocycles. The van der Waals surface area contributed by atoms with Crippen molar-refractivity contribution in [3.8, 4) is 0 Å². The Kier molecular flexibility index (Phi) is 5.07. The molecule has 0 aliphatic heterocycles. The molecule has 0 radical (unpaired) electrons. The smallest absolute Gasteiger partial charge is 0.243 e. The fraction of sp³-hybridized carbons (Fsp3) is 0.417. The number of nitrogens with two attached hydrogens (primary N) is 1. The van der Waals surface area contributed by atoms with Crippen LogP contribution >= 0.6 is 0 Å². The predicted octanol–water partition coefficient (Wildman–Crippen LogP) is 0.473. The molecule has 0 aliphatic carbocycles. The van der Waals surface area contributed by atoms with Crippen LogP contribution in [0.2, 0.25) is 0 Å². The summed E-state index contributed by atoms with van der Waals surface area (Å²) >= 11 is 0. The molecule has 0 atom stereocenters. The first-order valence-corrected chi connectivity index (χ1v) is 7.36. The number of benzene rings is 1. The van der Waals surface area contributed by atoms with E-state index in [1.54, 1.807) is 0 Å². The van der Waals surface area contributed by atoms with Crippen molar-refractivity contribution in [1.29, 1.82) is 0 Å². The Bertz CT molecular complexity index is 617. The van der Waals surface area contributed by atoms with E-state index in [1.165, 1.54) is 27.1 Å². The number of carbonyl (C=O) groups is 1. The Hall–Kier alpha value is -1.67. The molecular formula is C12H18FN3O3S. The summed E-state index contributed by atoms with van der Waals surface area (Å²) in [6.45, 7) is 1.37. The molecule has 1 aromatic rings. The number of rotatable bonds is 5. The summed E-state index contributed by atoms with van der Waals surface area (Å²) in [6, 6.07) is 2.28. The van der Waals surface area contributed by atoms with Gasteiger partial charge in [-0.3, -0.25) is 4.79 Å². The van der Waals surface area contributed by atoms with Crippen LogP contribution < -0.4 is 11.1 Å². The number of nitrogens with one attached hydrogen (secondary N) is 1. The maximum Gasteiger partial charge on any atom is 0.243 e. The van der Waals surface area contributed by atoms with Gasteiger partial charge >= 0.3 is 0 Å². The number of halogens is 1. The average Bonchev–Trinajstić information content (AvgIpc) is 2.39. The summed E-state index contributed by atoms with van der Waals surface area (Å²) in [4.78, 5) is 11.0. The van der Waals surface area contributed by atoms with E-state index in [1.807, 2.05) is 0 Å². The summed E-state index contributed by atoms with van der Waals surface area (Å²) in [5, 5.41) is 2.40. The number of nitrogens with zero attached hydrogens (tertiary/aromatic N) is 1. The van der Waals surface area contributed by atoms with Crippen molar-refractivity contribution >= 4 is 21.6 Å². The minimum absolute atomic E-state index is 0.00212.